The first-order valence-electron chi connectivity index (χ1n) is 8.78. The van der Waals surface area contributed by atoms with Gasteiger partial charge in [0.1, 0.15) is 5.69 Å². The highest BCUT2D eigenvalue weighted by Crippen LogP contribution is 2.28. The third-order valence-electron chi connectivity index (χ3n) is 4.03. The first-order chi connectivity index (χ1) is 14.2. The number of aromatic nitrogens is 3. The molecule has 6 nitrogen and oxygen atoms in total. The summed E-state index contributed by atoms with van der Waals surface area (Å²) in [7, 11) is 0. The minimum atomic E-state index is -0.281. The molecule has 0 bridgehead atoms. The molecule has 142 valence electrons. The van der Waals surface area contributed by atoms with Crippen LogP contribution in [0.2, 0.25) is 5.02 Å². The Hall–Kier alpha value is -3.77. The van der Waals surface area contributed by atoms with E-state index < -0.39 is 0 Å². The largest absolute Gasteiger partial charge is 0.333 e. The van der Waals surface area contributed by atoms with E-state index >= 15 is 0 Å². The third-order valence-corrected chi connectivity index (χ3v) is 4.28. The van der Waals surface area contributed by atoms with Crippen molar-refractivity contribution < 1.29 is 9.32 Å². The molecule has 0 atom stereocenters. The Morgan fingerprint density at radius 3 is 2.59 bits per heavy atom. The summed E-state index contributed by atoms with van der Waals surface area (Å²) in [6.07, 6.45) is 4.82. The molecule has 0 saturated heterocycles. The van der Waals surface area contributed by atoms with Gasteiger partial charge in [0.15, 0.2) is 0 Å². The number of halogens is 1. The summed E-state index contributed by atoms with van der Waals surface area (Å²) in [5, 5.41) is 7.47. The molecular formula is C22H15ClN4O2. The predicted molar refractivity (Wildman–Crippen MR) is 112 cm³/mol. The highest BCUT2D eigenvalue weighted by Gasteiger charge is 2.15. The van der Waals surface area contributed by atoms with E-state index in [1.54, 1.807) is 42.6 Å². The van der Waals surface area contributed by atoms with Crippen LogP contribution in [0.1, 0.15) is 5.56 Å². The van der Waals surface area contributed by atoms with E-state index in [4.69, 9.17) is 16.1 Å². The van der Waals surface area contributed by atoms with Crippen LogP contribution in [-0.4, -0.2) is 21.0 Å². The van der Waals surface area contributed by atoms with Crippen molar-refractivity contribution in [2.24, 2.45) is 0 Å². The predicted octanol–water partition coefficient (Wildman–Crippen LogP) is 5.10. The topological polar surface area (TPSA) is 80.9 Å². The Balaban J connectivity index is 1.53. The summed E-state index contributed by atoms with van der Waals surface area (Å²) in [5.74, 6) is 0.393. The molecule has 0 aliphatic carbocycles. The number of anilines is 1. The van der Waals surface area contributed by atoms with Gasteiger partial charge in [-0.2, -0.15) is 4.98 Å². The van der Waals surface area contributed by atoms with Gasteiger partial charge in [-0.05, 0) is 48.0 Å². The van der Waals surface area contributed by atoms with Crippen LogP contribution in [0.4, 0.5) is 5.69 Å². The molecule has 1 amide bonds. The van der Waals surface area contributed by atoms with E-state index in [1.807, 2.05) is 36.4 Å². The maximum Gasteiger partial charge on any atom is 0.260 e. The number of pyridine rings is 1. The van der Waals surface area contributed by atoms with Crippen LogP contribution < -0.4 is 5.32 Å². The number of carbonyl (C=O) groups is 1. The Bertz CT molecular complexity index is 1150. The number of hydrogen-bond acceptors (Lipinski definition) is 5. The number of carbonyl (C=O) groups excluding carboxylic acids is 1. The van der Waals surface area contributed by atoms with Gasteiger partial charge >= 0.3 is 0 Å². The Kier molecular flexibility index (Phi) is 5.45. The number of hydrogen-bond donors (Lipinski definition) is 1. The number of para-hydroxylation sites is 1. The third kappa shape index (κ3) is 4.56. The fourth-order valence-corrected chi connectivity index (χ4v) is 2.76. The molecular weight excluding hydrogens is 388 g/mol. The van der Waals surface area contributed by atoms with Crippen molar-refractivity contribution in [3.63, 3.8) is 0 Å². The van der Waals surface area contributed by atoms with Crippen LogP contribution in [0.15, 0.2) is 83.5 Å². The monoisotopic (exact) mass is 402 g/mol. The van der Waals surface area contributed by atoms with Gasteiger partial charge in [0.25, 0.3) is 5.89 Å². The molecule has 0 saturated carbocycles. The average molecular weight is 403 g/mol. The number of benzene rings is 2. The van der Waals surface area contributed by atoms with Gasteiger partial charge in [0.05, 0.1) is 11.3 Å². The zero-order chi connectivity index (χ0) is 20.1. The molecule has 2 heterocycles. The second-order valence-electron chi connectivity index (χ2n) is 6.06. The van der Waals surface area contributed by atoms with E-state index in [-0.39, 0.29) is 5.91 Å². The molecule has 0 spiro atoms. The summed E-state index contributed by atoms with van der Waals surface area (Å²) in [6.45, 7) is 0. The minimum absolute atomic E-state index is 0.281. The SMILES string of the molecule is O=C(/C=C/c1ccc(Cl)cc1)Nc1ccccc1-c1nc(-c2ccccn2)no1. The maximum absolute atomic E-state index is 12.4. The van der Waals surface area contributed by atoms with Gasteiger partial charge in [-0.15, -0.1) is 0 Å². The lowest BCUT2D eigenvalue weighted by molar-refractivity contribution is -0.111. The molecule has 1 N–H and O–H groups in total. The van der Waals surface area contributed by atoms with Crippen LogP contribution >= 0.6 is 11.6 Å². The first-order valence-corrected chi connectivity index (χ1v) is 9.16. The summed E-state index contributed by atoms with van der Waals surface area (Å²) >= 11 is 5.87. The maximum atomic E-state index is 12.4. The number of amides is 1. The van der Waals surface area contributed by atoms with Crippen molar-refractivity contribution in [3.05, 3.63) is 89.6 Å². The van der Waals surface area contributed by atoms with E-state index in [1.165, 1.54) is 6.08 Å². The zero-order valence-electron chi connectivity index (χ0n) is 15.1. The number of nitrogens with one attached hydrogen (secondary N) is 1. The molecule has 2 aromatic carbocycles. The van der Waals surface area contributed by atoms with E-state index in [0.29, 0.717) is 33.7 Å². The smallest absolute Gasteiger partial charge is 0.260 e. The fourth-order valence-electron chi connectivity index (χ4n) is 2.63. The van der Waals surface area contributed by atoms with Gasteiger partial charge in [-0.25, -0.2) is 0 Å². The van der Waals surface area contributed by atoms with Crippen molar-refractivity contribution >= 4 is 29.3 Å². The zero-order valence-corrected chi connectivity index (χ0v) is 15.9. The quantitative estimate of drug-likeness (QED) is 0.469. The highest BCUT2D eigenvalue weighted by molar-refractivity contribution is 6.30. The van der Waals surface area contributed by atoms with Crippen molar-refractivity contribution in [1.82, 2.24) is 15.1 Å². The molecule has 0 aliphatic rings. The molecule has 29 heavy (non-hydrogen) atoms. The fraction of sp³-hybridized carbons (Fsp3) is 0. The average Bonchev–Trinajstić information content (AvgIpc) is 3.24. The van der Waals surface area contributed by atoms with Crippen molar-refractivity contribution in [2.45, 2.75) is 0 Å². The van der Waals surface area contributed by atoms with E-state index in [2.05, 4.69) is 20.4 Å². The molecule has 7 heteroatoms. The molecule has 0 aliphatic heterocycles. The van der Waals surface area contributed by atoms with Crippen molar-refractivity contribution in [1.29, 1.82) is 0 Å². The Morgan fingerprint density at radius 2 is 1.79 bits per heavy atom. The Morgan fingerprint density at radius 1 is 1.00 bits per heavy atom. The van der Waals surface area contributed by atoms with Crippen molar-refractivity contribution in [3.8, 4) is 23.0 Å². The van der Waals surface area contributed by atoms with E-state index in [0.717, 1.165) is 5.56 Å². The lowest BCUT2D eigenvalue weighted by Gasteiger charge is -2.06. The number of nitrogens with zero attached hydrogens (tertiary/aromatic N) is 3. The molecule has 4 rings (SSSR count). The standard InChI is InChI=1S/C22H15ClN4O2/c23-16-11-8-15(9-12-16)10-13-20(28)25-18-6-2-1-5-17(18)22-26-21(27-29-22)19-7-3-4-14-24-19/h1-14H,(H,25,28)/b13-10+. The second kappa shape index (κ2) is 8.50. The lowest BCUT2D eigenvalue weighted by atomic mass is 10.1. The van der Waals surface area contributed by atoms with Gasteiger partial charge in [0.2, 0.25) is 11.7 Å². The molecule has 0 radical (unpaired) electrons. The first kappa shape index (κ1) is 18.6. The van der Waals surface area contributed by atoms with Crippen LogP contribution in [0.5, 0.6) is 0 Å². The van der Waals surface area contributed by atoms with Gasteiger partial charge < -0.3 is 9.84 Å². The molecule has 0 unspecified atom stereocenters. The van der Waals surface area contributed by atoms with Gasteiger partial charge in [-0.3, -0.25) is 9.78 Å². The molecule has 4 aromatic rings. The lowest BCUT2D eigenvalue weighted by Crippen LogP contribution is -2.08. The summed E-state index contributed by atoms with van der Waals surface area (Å²) < 4.78 is 5.38. The molecule has 2 aromatic heterocycles. The minimum Gasteiger partial charge on any atom is -0.333 e. The second-order valence-corrected chi connectivity index (χ2v) is 6.49. The Labute approximate surface area is 171 Å². The summed E-state index contributed by atoms with van der Waals surface area (Å²) in [5.41, 5.74) is 2.66. The molecule has 0 fully saturated rings. The van der Waals surface area contributed by atoms with Crippen molar-refractivity contribution in [2.75, 3.05) is 5.32 Å². The van der Waals surface area contributed by atoms with Crippen LogP contribution in [0.25, 0.3) is 29.0 Å². The summed E-state index contributed by atoms with van der Waals surface area (Å²) in [4.78, 5) is 21.0. The van der Waals surface area contributed by atoms with E-state index in [9.17, 15) is 4.79 Å². The van der Waals surface area contributed by atoms with Crippen LogP contribution in [-0.2, 0) is 4.79 Å². The summed E-state index contributed by atoms with van der Waals surface area (Å²) in [6, 6.07) is 19.9. The van der Waals surface area contributed by atoms with Crippen LogP contribution in [0.3, 0.4) is 0 Å². The van der Waals surface area contributed by atoms with Crippen LogP contribution in [0, 0.1) is 0 Å². The highest BCUT2D eigenvalue weighted by atomic mass is 35.5. The van der Waals surface area contributed by atoms with Gasteiger partial charge in [0, 0.05) is 17.3 Å². The normalized spacial score (nSPS) is 10.9. The number of rotatable bonds is 5. The van der Waals surface area contributed by atoms with Gasteiger partial charge in [-0.1, -0.05) is 47.1 Å².